The van der Waals surface area contributed by atoms with Crippen LogP contribution >= 0.6 is 0 Å². The minimum absolute atomic E-state index is 0.00584. The Labute approximate surface area is 802 Å². The Kier molecular flexibility index (Phi) is 32.2. The molecule has 48 heteroatoms. The van der Waals surface area contributed by atoms with E-state index in [-0.39, 0.29) is 131 Å². The minimum atomic E-state index is -4.87. The Morgan fingerprint density at radius 2 is 0.671 bits per heavy atom. The van der Waals surface area contributed by atoms with Crippen LogP contribution in [0.1, 0.15) is 64.8 Å². The lowest BCUT2D eigenvalue weighted by Crippen LogP contribution is -2.19. The van der Waals surface area contributed by atoms with E-state index in [1.165, 1.54) is 72.8 Å². The Bertz CT molecular complexity index is 7800. The molecule has 2 aromatic heterocycles. The van der Waals surface area contributed by atoms with E-state index in [0.29, 0.717) is 114 Å². The first-order valence-corrected chi connectivity index (χ1v) is 49.6. The molecule has 0 atom stereocenters. The number of aromatic nitrogens is 6. The van der Waals surface area contributed by atoms with Gasteiger partial charge in [-0.05, 0) is 262 Å². The van der Waals surface area contributed by atoms with E-state index in [9.17, 15) is 64.9 Å². The predicted molar refractivity (Wildman–Crippen MR) is 520 cm³/mol. The molecule has 0 saturated heterocycles. The highest BCUT2D eigenvalue weighted by molar-refractivity contribution is 7.87. The van der Waals surface area contributed by atoms with Crippen molar-refractivity contribution in [2.45, 2.75) is 79.9 Å². The summed E-state index contributed by atoms with van der Waals surface area (Å²) in [5.74, 6) is 0.599. The number of aryl methyl sites for hydroxylation is 4. The summed E-state index contributed by atoms with van der Waals surface area (Å²) < 4.78 is 183. The standard InChI is InChI=1S/C92H84N26O17S5/c1-6-44-134-84-56-81(118-116-79-41-33-73(54-86(79)140(131,132)133)112-104-64-16-11-8-12-17-64)60(5)50-82(84)96-92-101-90(100-91(102-92)95-71-31-39-77(59(4)49-71)113-109-67-23-19-65(20-24-67)105-107-69-27-34-74(35-28-69)137(122,123)124)94-43-42-93-89-98-87(51-61-18-38-76(57(2)47-61)114-115-78-40-32-72(53-85(78)139(128,129)130)111-103-63-14-9-7-10-15-63)97-88(99-89)52-62-48-58(3)80(55-83(62)135-45-13-46-136(119,120)121)117-110-68-25-21-66(22-26-68)106-108-70-29-36-75(37-30-70)138(125,126)127/h7-12,14-41,47-50,53-56H,6,13,42-46,51-52H2,1-5H3,(H,119,120,121)(H,122,123,124)(H,125,126,127)(H,128,129,130)(H,131,132,133)(H,93,97,98,99)(H3,94,95,96,100,101,102). The molecular formula is C92H84N26O17S5. The van der Waals surface area contributed by atoms with Crippen LogP contribution in [0.25, 0.3) is 0 Å². The van der Waals surface area contributed by atoms with Crippen LogP contribution in [-0.2, 0) is 63.4 Å². The summed E-state index contributed by atoms with van der Waals surface area (Å²) in [6.45, 7) is 9.26. The maximum Gasteiger partial charge on any atom is 0.296 e. The summed E-state index contributed by atoms with van der Waals surface area (Å²) in [5.41, 5.74) is 9.31. The second kappa shape index (κ2) is 45.2. The van der Waals surface area contributed by atoms with Crippen LogP contribution < -0.4 is 30.7 Å². The first-order valence-electron chi connectivity index (χ1n) is 42.2. The van der Waals surface area contributed by atoms with Gasteiger partial charge in [0, 0.05) is 49.3 Å². The SMILES string of the molecule is CCCOc1cc(N=Nc2ccc(N=Nc3ccccc3)cc2S(=O)(=O)O)c(C)cc1Nc1nc(NCCNc2nc(Cc3ccc(N=Nc4ccc(N=Nc5ccccc5)cc4S(=O)(=O)O)c(C)c3)nc(Cc3cc(C)c(N=Nc4ccc(N=Nc5ccc(S(=O)(=O)O)cc5)cc4)cc3OCCCS(=O)(=O)O)n2)nc(Nc2ccc(N=Nc3ccc(N=Nc4ccc(S(=O)(=O)O)cc4)cc3)c(C)c2)n1. The van der Waals surface area contributed by atoms with Gasteiger partial charge < -0.3 is 30.7 Å². The van der Waals surface area contributed by atoms with Crippen LogP contribution in [0.5, 0.6) is 11.5 Å². The van der Waals surface area contributed by atoms with Crippen molar-refractivity contribution < 1.29 is 74.3 Å². The lowest BCUT2D eigenvalue weighted by Gasteiger charge is -2.16. The zero-order valence-corrected chi connectivity index (χ0v) is 78.7. The van der Waals surface area contributed by atoms with Crippen LogP contribution in [0.4, 0.5) is 126 Å². The van der Waals surface area contributed by atoms with Crippen molar-refractivity contribution >= 4 is 177 Å². The van der Waals surface area contributed by atoms with E-state index in [0.717, 1.165) is 12.1 Å². The van der Waals surface area contributed by atoms with Gasteiger partial charge in [-0.1, -0.05) is 55.5 Å². The molecule has 0 amide bonds. The lowest BCUT2D eigenvalue weighted by atomic mass is 10.0. The predicted octanol–water partition coefficient (Wildman–Crippen LogP) is 24.2. The fourth-order valence-electron chi connectivity index (χ4n) is 12.9. The highest BCUT2D eigenvalue weighted by Crippen LogP contribution is 2.41. The molecule has 0 saturated carbocycles. The molecule has 0 aliphatic rings. The van der Waals surface area contributed by atoms with E-state index < -0.39 is 66.1 Å². The molecule has 0 fully saturated rings. The normalized spacial score (nSPS) is 12.4. The van der Waals surface area contributed by atoms with Crippen molar-refractivity contribution in [1.82, 2.24) is 29.9 Å². The van der Waals surface area contributed by atoms with E-state index in [4.69, 9.17) is 39.4 Å². The van der Waals surface area contributed by atoms with E-state index in [1.54, 1.807) is 185 Å². The molecule has 140 heavy (non-hydrogen) atoms. The maximum absolute atomic E-state index is 12.8. The molecule has 0 aliphatic carbocycles. The third-order valence-corrected chi connectivity index (χ3v) is 24.1. The molecule has 14 rings (SSSR count). The number of hydrogen-bond acceptors (Lipinski definition) is 38. The number of ether oxygens (including phenoxy) is 2. The number of azo groups is 8. The van der Waals surface area contributed by atoms with Crippen LogP contribution in [-0.4, -0.2) is 127 Å². The van der Waals surface area contributed by atoms with Gasteiger partial charge in [-0.2, -0.15) is 139 Å². The van der Waals surface area contributed by atoms with Gasteiger partial charge in [0.25, 0.3) is 50.6 Å². The summed E-state index contributed by atoms with van der Waals surface area (Å²) in [7, 11) is -22.9. The van der Waals surface area contributed by atoms with E-state index in [2.05, 4.69) is 103 Å². The maximum atomic E-state index is 12.8. The number of hydrogen-bond donors (Lipinski definition) is 9. The second-order valence-electron chi connectivity index (χ2n) is 30.6. The summed E-state index contributed by atoms with van der Waals surface area (Å²) in [6, 6.07) is 66.2. The minimum Gasteiger partial charge on any atom is -0.493 e. The number of benzene rings is 12. The number of rotatable bonds is 41. The topological polar surface area (TPSA) is 614 Å². The fraction of sp³-hybridized carbons (Fsp3) is 0.152. The summed E-state index contributed by atoms with van der Waals surface area (Å²) in [6.07, 6.45) is 0.534. The largest absolute Gasteiger partial charge is 0.493 e. The van der Waals surface area contributed by atoms with Crippen molar-refractivity contribution in [1.29, 1.82) is 0 Å². The zero-order chi connectivity index (χ0) is 99.1. The summed E-state index contributed by atoms with van der Waals surface area (Å²) >= 11 is 0. The highest BCUT2D eigenvalue weighted by atomic mass is 32.2. The first kappa shape index (κ1) is 99.8. The van der Waals surface area contributed by atoms with Gasteiger partial charge in [0.2, 0.25) is 23.8 Å². The molecule has 0 bridgehead atoms. The van der Waals surface area contributed by atoms with Gasteiger partial charge in [-0.25, -0.2) is 4.98 Å². The quantitative estimate of drug-likeness (QED) is 0.00976. The average molecular weight is 1990 g/mol. The van der Waals surface area contributed by atoms with Crippen LogP contribution in [0, 0.1) is 27.7 Å². The van der Waals surface area contributed by atoms with E-state index >= 15 is 0 Å². The molecule has 2 heterocycles. The summed E-state index contributed by atoms with van der Waals surface area (Å²) in [5, 5.41) is 81.7. The van der Waals surface area contributed by atoms with Crippen LogP contribution in [0.15, 0.2) is 356 Å². The Balaban J connectivity index is 0.756. The van der Waals surface area contributed by atoms with Gasteiger partial charge >= 0.3 is 0 Å². The number of anilines is 6. The molecular weight excluding hydrogens is 1900 g/mol. The first-order chi connectivity index (χ1) is 67.0. The lowest BCUT2D eigenvalue weighted by molar-refractivity contribution is 0.313. The molecule has 0 spiro atoms. The zero-order valence-electron chi connectivity index (χ0n) is 74.6. The summed E-state index contributed by atoms with van der Waals surface area (Å²) in [4.78, 5) is 27.5. The second-order valence-corrected chi connectivity index (χ2v) is 37.8. The Hall–Kier alpha value is -16.2. The van der Waals surface area contributed by atoms with E-state index in [1.807, 2.05) is 19.9 Å². The third-order valence-electron chi connectivity index (χ3n) is 19.8. The van der Waals surface area contributed by atoms with Gasteiger partial charge in [0.1, 0.15) is 44.3 Å². The van der Waals surface area contributed by atoms with Crippen molar-refractivity contribution in [2.75, 3.05) is 53.3 Å². The Morgan fingerprint density at radius 3 is 1.14 bits per heavy atom. The molecule has 9 N–H and O–H groups in total. The highest BCUT2D eigenvalue weighted by Gasteiger charge is 2.23. The van der Waals surface area contributed by atoms with Crippen molar-refractivity contribution in [2.24, 2.45) is 81.8 Å². The molecule has 43 nitrogen and oxygen atoms in total. The molecule has 0 radical (unpaired) electrons. The van der Waals surface area contributed by atoms with Crippen LogP contribution in [0.2, 0.25) is 0 Å². The van der Waals surface area contributed by atoms with Crippen LogP contribution in [0.3, 0.4) is 0 Å². The fourth-order valence-corrected chi connectivity index (χ4v) is 15.6. The molecule has 12 aromatic carbocycles. The molecule has 14 aromatic rings. The molecule has 0 aliphatic heterocycles. The van der Waals surface area contributed by atoms with Gasteiger partial charge in [0.15, 0.2) is 0 Å². The monoisotopic (exact) mass is 1980 g/mol. The molecule has 0 unspecified atom stereocenters. The van der Waals surface area contributed by atoms with Crippen molar-refractivity contribution in [3.05, 3.63) is 300 Å². The smallest absolute Gasteiger partial charge is 0.296 e. The molecule has 714 valence electrons. The number of nitrogens with one attached hydrogen (secondary N) is 4. The van der Waals surface area contributed by atoms with Crippen molar-refractivity contribution in [3.63, 3.8) is 0 Å². The number of nitrogens with zero attached hydrogens (tertiary/aromatic N) is 22. The van der Waals surface area contributed by atoms with Gasteiger partial charge in [-0.3, -0.25) is 22.8 Å². The Morgan fingerprint density at radius 1 is 0.307 bits per heavy atom. The van der Waals surface area contributed by atoms with Gasteiger partial charge in [-0.15, -0.1) is 10.2 Å². The average Bonchev–Trinajstić information content (AvgIpc) is 0.806. The van der Waals surface area contributed by atoms with Gasteiger partial charge in [0.05, 0.1) is 114 Å². The third kappa shape index (κ3) is 29.2. The van der Waals surface area contributed by atoms with Crippen molar-refractivity contribution in [3.8, 4) is 11.5 Å².